The predicted molar refractivity (Wildman–Crippen MR) is 101 cm³/mol. The van der Waals surface area contributed by atoms with Gasteiger partial charge < -0.3 is 5.32 Å². The highest BCUT2D eigenvalue weighted by Crippen LogP contribution is 2.30. The van der Waals surface area contributed by atoms with Crippen molar-refractivity contribution in [2.75, 3.05) is 12.4 Å². The number of rotatable bonds is 2. The van der Waals surface area contributed by atoms with Gasteiger partial charge in [-0.2, -0.15) is 0 Å². The van der Waals surface area contributed by atoms with E-state index in [9.17, 15) is 14.4 Å². The normalized spacial score (nSPS) is 16.7. The first kappa shape index (κ1) is 17.0. The summed E-state index contributed by atoms with van der Waals surface area (Å²) < 4.78 is 0. The molecule has 0 saturated carbocycles. The van der Waals surface area contributed by atoms with E-state index in [2.05, 4.69) is 5.32 Å². The number of imide groups is 1. The van der Waals surface area contributed by atoms with Crippen molar-refractivity contribution in [3.8, 4) is 0 Å². The van der Waals surface area contributed by atoms with Crippen molar-refractivity contribution in [3.63, 3.8) is 0 Å². The van der Waals surface area contributed by atoms with E-state index in [4.69, 9.17) is 0 Å². The molecule has 1 aromatic heterocycles. The minimum Gasteiger partial charge on any atom is -0.321 e. The highest BCUT2D eigenvalue weighted by Gasteiger charge is 2.32. The van der Waals surface area contributed by atoms with E-state index in [1.165, 1.54) is 43.2 Å². The van der Waals surface area contributed by atoms with Gasteiger partial charge >= 0.3 is 0 Å². The molecule has 1 aliphatic carbocycles. The van der Waals surface area contributed by atoms with Crippen LogP contribution >= 0.6 is 11.3 Å². The van der Waals surface area contributed by atoms with Gasteiger partial charge in [-0.3, -0.25) is 19.3 Å². The molecule has 2 heterocycles. The predicted octanol–water partition coefficient (Wildman–Crippen LogP) is 3.89. The molecule has 26 heavy (non-hydrogen) atoms. The highest BCUT2D eigenvalue weighted by atomic mass is 32.1. The number of carbonyl (C=O) groups is 3. The molecule has 134 valence electrons. The van der Waals surface area contributed by atoms with Crippen molar-refractivity contribution in [1.82, 2.24) is 4.90 Å². The Labute approximate surface area is 156 Å². The van der Waals surface area contributed by atoms with Crippen LogP contribution < -0.4 is 5.32 Å². The molecular formula is C20H20N2O3S. The van der Waals surface area contributed by atoms with Gasteiger partial charge in [0.2, 0.25) is 0 Å². The number of thiophene rings is 1. The fraction of sp³-hybridized carbons (Fsp3) is 0.350. The second kappa shape index (κ2) is 6.68. The van der Waals surface area contributed by atoms with E-state index >= 15 is 0 Å². The lowest BCUT2D eigenvalue weighted by Gasteiger charge is -2.07. The van der Waals surface area contributed by atoms with Crippen LogP contribution in [0, 0.1) is 0 Å². The Morgan fingerprint density at radius 2 is 1.73 bits per heavy atom. The summed E-state index contributed by atoms with van der Waals surface area (Å²) in [5.74, 6) is -0.798. The zero-order valence-corrected chi connectivity index (χ0v) is 15.4. The van der Waals surface area contributed by atoms with Crippen molar-refractivity contribution < 1.29 is 14.4 Å². The fourth-order valence-corrected chi connectivity index (χ4v) is 4.74. The minimum atomic E-state index is -0.333. The number of hydrogen-bond donors (Lipinski definition) is 1. The van der Waals surface area contributed by atoms with Gasteiger partial charge in [0.05, 0.1) is 16.0 Å². The smallest absolute Gasteiger partial charge is 0.265 e. The van der Waals surface area contributed by atoms with Crippen molar-refractivity contribution in [2.24, 2.45) is 0 Å². The molecule has 4 rings (SSSR count). The molecule has 2 aromatic rings. The second-order valence-corrected chi connectivity index (χ2v) is 7.99. The van der Waals surface area contributed by atoms with Crippen molar-refractivity contribution >= 4 is 34.7 Å². The molecule has 1 aromatic carbocycles. The van der Waals surface area contributed by atoms with Crippen LogP contribution in [0.25, 0.3) is 0 Å². The second-order valence-electron chi connectivity index (χ2n) is 6.86. The average molecular weight is 368 g/mol. The summed E-state index contributed by atoms with van der Waals surface area (Å²) in [6.07, 6.45) is 6.97. The van der Waals surface area contributed by atoms with E-state index in [-0.39, 0.29) is 17.7 Å². The Morgan fingerprint density at radius 1 is 1.00 bits per heavy atom. The van der Waals surface area contributed by atoms with Gasteiger partial charge in [-0.1, -0.05) is 12.8 Å². The molecule has 0 radical (unpaired) electrons. The highest BCUT2D eigenvalue weighted by molar-refractivity contribution is 7.14. The Hall–Kier alpha value is -2.47. The maximum Gasteiger partial charge on any atom is 0.265 e. The van der Waals surface area contributed by atoms with Crippen LogP contribution in [0.4, 0.5) is 5.69 Å². The fourth-order valence-electron chi connectivity index (χ4n) is 3.59. The maximum atomic E-state index is 12.7. The number of nitrogens with zero attached hydrogens (tertiary/aromatic N) is 1. The summed E-state index contributed by atoms with van der Waals surface area (Å²) in [6, 6.07) is 6.87. The molecule has 0 atom stereocenters. The molecule has 3 amide bonds. The Bertz CT molecular complexity index is 890. The zero-order chi connectivity index (χ0) is 18.3. The molecular weight excluding hydrogens is 348 g/mol. The van der Waals surface area contributed by atoms with Gasteiger partial charge in [-0.25, -0.2) is 0 Å². The Kier molecular flexibility index (Phi) is 4.36. The summed E-state index contributed by atoms with van der Waals surface area (Å²) >= 11 is 1.57. The van der Waals surface area contributed by atoms with Crippen LogP contribution in [-0.2, 0) is 12.8 Å². The molecule has 6 heteroatoms. The Balaban J connectivity index is 1.55. The molecule has 0 saturated heterocycles. The van der Waals surface area contributed by atoms with Gasteiger partial charge in [-0.15, -0.1) is 11.3 Å². The SMILES string of the molecule is CN1C(=O)c2ccc(NC(=O)c3cc4c(s3)CCCCCC4)cc2C1=O. The van der Waals surface area contributed by atoms with E-state index in [1.54, 1.807) is 29.5 Å². The minimum absolute atomic E-state index is 0.160. The molecule has 1 N–H and O–H groups in total. The largest absolute Gasteiger partial charge is 0.321 e. The lowest BCUT2D eigenvalue weighted by molar-refractivity contribution is 0.0692. The summed E-state index contributed by atoms with van der Waals surface area (Å²) in [5.41, 5.74) is 2.56. The molecule has 5 nitrogen and oxygen atoms in total. The van der Waals surface area contributed by atoms with Gasteiger partial charge in [0.1, 0.15) is 0 Å². The number of carbonyl (C=O) groups excluding carboxylic acids is 3. The quantitative estimate of drug-likeness (QED) is 0.818. The number of hydrogen-bond acceptors (Lipinski definition) is 4. The molecule has 0 spiro atoms. The van der Waals surface area contributed by atoms with Gasteiger partial charge in [0, 0.05) is 17.6 Å². The third kappa shape index (κ3) is 2.94. The number of fused-ring (bicyclic) bond motifs is 2. The van der Waals surface area contributed by atoms with E-state index < -0.39 is 0 Å². The third-order valence-corrected chi connectivity index (χ3v) is 6.30. The average Bonchev–Trinajstić information content (AvgIpc) is 3.10. The van der Waals surface area contributed by atoms with Crippen molar-refractivity contribution in [1.29, 1.82) is 0 Å². The van der Waals surface area contributed by atoms with Gasteiger partial charge in [-0.05, 0) is 55.5 Å². The number of benzene rings is 1. The van der Waals surface area contributed by atoms with Crippen molar-refractivity contribution in [2.45, 2.75) is 38.5 Å². The van der Waals surface area contributed by atoms with Crippen LogP contribution in [0.5, 0.6) is 0 Å². The van der Waals surface area contributed by atoms with Gasteiger partial charge in [0.25, 0.3) is 17.7 Å². The first-order valence-electron chi connectivity index (χ1n) is 8.94. The topological polar surface area (TPSA) is 66.5 Å². The summed E-state index contributed by atoms with van der Waals surface area (Å²) in [4.78, 5) is 39.8. The lowest BCUT2D eigenvalue weighted by atomic mass is 10.00. The Morgan fingerprint density at radius 3 is 2.54 bits per heavy atom. The molecule has 1 aliphatic heterocycles. The molecule has 2 aliphatic rings. The van der Waals surface area contributed by atoms with E-state index in [0.717, 1.165) is 17.7 Å². The molecule has 0 fully saturated rings. The zero-order valence-electron chi connectivity index (χ0n) is 14.6. The van der Waals surface area contributed by atoms with Crippen LogP contribution in [0.15, 0.2) is 24.3 Å². The van der Waals surface area contributed by atoms with Crippen LogP contribution in [0.2, 0.25) is 0 Å². The van der Waals surface area contributed by atoms with E-state index in [0.29, 0.717) is 21.7 Å². The van der Waals surface area contributed by atoms with Gasteiger partial charge in [0.15, 0.2) is 0 Å². The summed E-state index contributed by atoms with van der Waals surface area (Å²) in [7, 11) is 1.46. The summed E-state index contributed by atoms with van der Waals surface area (Å²) in [5, 5.41) is 2.87. The first-order valence-corrected chi connectivity index (χ1v) is 9.75. The van der Waals surface area contributed by atoms with Crippen LogP contribution in [-0.4, -0.2) is 29.7 Å². The van der Waals surface area contributed by atoms with Crippen LogP contribution in [0.3, 0.4) is 0 Å². The summed E-state index contributed by atoms with van der Waals surface area (Å²) in [6.45, 7) is 0. The standard InChI is InChI=1S/C20H20N2O3S/c1-22-19(24)14-9-8-13(11-15(14)20(22)25)21-18(23)17-10-12-6-4-2-3-5-7-16(12)26-17/h8-11H,2-7H2,1H3,(H,21,23). The monoisotopic (exact) mass is 368 g/mol. The molecule has 0 bridgehead atoms. The maximum absolute atomic E-state index is 12.7. The number of aryl methyl sites for hydroxylation is 2. The number of amides is 3. The van der Waals surface area contributed by atoms with Crippen molar-refractivity contribution in [3.05, 3.63) is 50.7 Å². The lowest BCUT2D eigenvalue weighted by Crippen LogP contribution is -2.24. The number of nitrogens with one attached hydrogen (secondary N) is 1. The van der Waals surface area contributed by atoms with Crippen LogP contribution in [0.1, 0.15) is 66.5 Å². The van der Waals surface area contributed by atoms with E-state index in [1.807, 2.05) is 6.07 Å². The molecule has 0 unspecified atom stereocenters. The third-order valence-electron chi connectivity index (χ3n) is 5.07. The number of anilines is 1. The first-order chi connectivity index (χ1) is 12.5.